The molecular formula is C7H10O2. The number of aliphatic hydroxyl groups is 1. The number of allylic oxidation sites excluding steroid dienone is 2. The third-order valence-electron chi connectivity index (χ3n) is 1.52. The van der Waals surface area contributed by atoms with Gasteiger partial charge in [-0.15, -0.1) is 0 Å². The maximum Gasteiger partial charge on any atom is 0.219 e. The maximum atomic E-state index is 9.02. The average Bonchev–Trinajstić information content (AvgIpc) is 1.83. The van der Waals surface area contributed by atoms with Gasteiger partial charge in [0.25, 0.3) is 0 Å². The van der Waals surface area contributed by atoms with Crippen LogP contribution in [-0.4, -0.2) is 11.4 Å². The lowest BCUT2D eigenvalue weighted by Gasteiger charge is -2.16. The van der Waals surface area contributed by atoms with Gasteiger partial charge in [0.05, 0.1) is 6.26 Å². The Morgan fingerprint density at radius 1 is 1.56 bits per heavy atom. The first kappa shape index (κ1) is 6.36. The third kappa shape index (κ3) is 1.13. The molecule has 2 nitrogen and oxygen atoms in total. The van der Waals surface area contributed by atoms with Crippen molar-refractivity contribution in [3.8, 4) is 0 Å². The van der Waals surface area contributed by atoms with E-state index in [4.69, 9.17) is 9.84 Å². The van der Waals surface area contributed by atoms with Gasteiger partial charge >= 0.3 is 0 Å². The Morgan fingerprint density at radius 3 is 2.67 bits per heavy atom. The van der Waals surface area contributed by atoms with Crippen LogP contribution in [0.15, 0.2) is 23.5 Å². The van der Waals surface area contributed by atoms with E-state index in [0.29, 0.717) is 0 Å². The molecule has 0 aromatic rings. The predicted octanol–water partition coefficient (Wildman–Crippen LogP) is 1.19. The van der Waals surface area contributed by atoms with Gasteiger partial charge in [0.2, 0.25) is 6.29 Å². The van der Waals surface area contributed by atoms with E-state index in [1.54, 1.807) is 0 Å². The molecular weight excluding hydrogens is 116 g/mol. The molecule has 1 N–H and O–H groups in total. The number of hydrogen-bond acceptors (Lipinski definition) is 2. The minimum Gasteiger partial charge on any atom is -0.469 e. The first-order chi connectivity index (χ1) is 4.22. The Labute approximate surface area is 54.5 Å². The lowest BCUT2D eigenvalue weighted by atomic mass is 10.1. The molecule has 0 radical (unpaired) electrons. The molecule has 0 aliphatic carbocycles. The topological polar surface area (TPSA) is 29.5 Å². The second kappa shape index (κ2) is 2.23. The molecule has 0 aromatic heterocycles. The van der Waals surface area contributed by atoms with Crippen molar-refractivity contribution in [3.05, 3.63) is 23.5 Å². The normalized spacial score (nSPS) is 26.3. The summed E-state index contributed by atoms with van der Waals surface area (Å²) < 4.78 is 4.78. The van der Waals surface area contributed by atoms with Gasteiger partial charge in [0, 0.05) is 0 Å². The summed E-state index contributed by atoms with van der Waals surface area (Å²) in [5, 5.41) is 9.02. The van der Waals surface area contributed by atoms with Crippen LogP contribution < -0.4 is 0 Å². The highest BCUT2D eigenvalue weighted by Gasteiger charge is 2.10. The summed E-state index contributed by atoms with van der Waals surface area (Å²) in [5.74, 6) is 0. The smallest absolute Gasteiger partial charge is 0.219 e. The molecule has 2 heteroatoms. The van der Waals surface area contributed by atoms with E-state index in [-0.39, 0.29) is 0 Å². The molecule has 0 amide bonds. The molecule has 0 saturated carbocycles. The number of aliphatic hydroxyl groups excluding tert-OH is 1. The molecule has 1 atom stereocenters. The van der Waals surface area contributed by atoms with Crippen molar-refractivity contribution in [1.82, 2.24) is 0 Å². The highest BCUT2D eigenvalue weighted by Crippen LogP contribution is 2.15. The van der Waals surface area contributed by atoms with E-state index in [2.05, 4.69) is 0 Å². The van der Waals surface area contributed by atoms with Gasteiger partial charge in [-0.05, 0) is 31.1 Å². The quantitative estimate of drug-likeness (QED) is 0.528. The number of hydrogen-bond donors (Lipinski definition) is 1. The van der Waals surface area contributed by atoms with Crippen molar-refractivity contribution in [1.29, 1.82) is 0 Å². The Hall–Kier alpha value is -0.760. The van der Waals surface area contributed by atoms with Gasteiger partial charge in [0.1, 0.15) is 0 Å². The Morgan fingerprint density at radius 2 is 2.22 bits per heavy atom. The second-order valence-electron chi connectivity index (χ2n) is 2.16. The van der Waals surface area contributed by atoms with Crippen LogP contribution in [0.3, 0.4) is 0 Å². The molecule has 0 bridgehead atoms. The minimum absolute atomic E-state index is 0.727. The zero-order chi connectivity index (χ0) is 6.85. The summed E-state index contributed by atoms with van der Waals surface area (Å²) in [6.45, 7) is 3.79. The van der Waals surface area contributed by atoms with Crippen molar-refractivity contribution in [3.63, 3.8) is 0 Å². The van der Waals surface area contributed by atoms with Gasteiger partial charge < -0.3 is 9.84 Å². The molecule has 1 heterocycles. The largest absolute Gasteiger partial charge is 0.469 e. The van der Waals surface area contributed by atoms with E-state index in [1.165, 1.54) is 6.26 Å². The Kier molecular flexibility index (Phi) is 1.58. The van der Waals surface area contributed by atoms with Crippen molar-refractivity contribution in [2.45, 2.75) is 20.1 Å². The fraction of sp³-hybridized carbons (Fsp3) is 0.429. The Bertz CT molecular complexity index is 168. The summed E-state index contributed by atoms with van der Waals surface area (Å²) in [5.41, 5.74) is 1.96. The van der Waals surface area contributed by atoms with Crippen LogP contribution in [0.5, 0.6) is 0 Å². The number of ether oxygens (including phenoxy) is 1. The second-order valence-corrected chi connectivity index (χ2v) is 2.16. The summed E-state index contributed by atoms with van der Waals surface area (Å²) in [6.07, 6.45) is 2.62. The molecule has 1 unspecified atom stereocenters. The van der Waals surface area contributed by atoms with Gasteiger partial charge in [-0.3, -0.25) is 0 Å². The zero-order valence-corrected chi connectivity index (χ0v) is 5.59. The molecule has 0 spiro atoms. The first-order valence-electron chi connectivity index (χ1n) is 2.89. The SMILES string of the molecule is CC1=C(C)C(O)OC=C1. The lowest BCUT2D eigenvalue weighted by Crippen LogP contribution is -2.13. The van der Waals surface area contributed by atoms with Crippen LogP contribution in [0.4, 0.5) is 0 Å². The van der Waals surface area contributed by atoms with E-state index in [9.17, 15) is 0 Å². The van der Waals surface area contributed by atoms with Crippen LogP contribution in [0.1, 0.15) is 13.8 Å². The molecule has 0 fully saturated rings. The third-order valence-corrected chi connectivity index (χ3v) is 1.52. The monoisotopic (exact) mass is 126 g/mol. The highest BCUT2D eigenvalue weighted by molar-refractivity contribution is 5.25. The molecule has 9 heavy (non-hydrogen) atoms. The predicted molar refractivity (Wildman–Crippen MR) is 34.6 cm³/mol. The minimum atomic E-state index is -0.727. The molecule has 1 rings (SSSR count). The van der Waals surface area contributed by atoms with E-state index in [0.717, 1.165) is 11.1 Å². The molecule has 0 aromatic carbocycles. The van der Waals surface area contributed by atoms with Crippen LogP contribution in [0.2, 0.25) is 0 Å². The molecule has 0 saturated heterocycles. The molecule has 1 aliphatic heterocycles. The van der Waals surface area contributed by atoms with Crippen molar-refractivity contribution < 1.29 is 9.84 Å². The lowest BCUT2D eigenvalue weighted by molar-refractivity contribution is -0.0239. The maximum absolute atomic E-state index is 9.02. The summed E-state index contributed by atoms with van der Waals surface area (Å²) in [4.78, 5) is 0. The van der Waals surface area contributed by atoms with Gasteiger partial charge in [-0.25, -0.2) is 0 Å². The summed E-state index contributed by atoms with van der Waals surface area (Å²) >= 11 is 0. The van der Waals surface area contributed by atoms with Gasteiger partial charge in [0.15, 0.2) is 0 Å². The fourth-order valence-corrected chi connectivity index (χ4v) is 0.644. The summed E-state index contributed by atoms with van der Waals surface area (Å²) in [7, 11) is 0. The van der Waals surface area contributed by atoms with E-state index < -0.39 is 6.29 Å². The van der Waals surface area contributed by atoms with Crippen LogP contribution in [0.25, 0.3) is 0 Å². The van der Waals surface area contributed by atoms with Crippen LogP contribution >= 0.6 is 0 Å². The fourth-order valence-electron chi connectivity index (χ4n) is 0.644. The number of rotatable bonds is 0. The van der Waals surface area contributed by atoms with Crippen LogP contribution in [-0.2, 0) is 4.74 Å². The standard InChI is InChI=1S/C7H10O2/c1-5-3-4-9-7(8)6(5)2/h3-4,7-8H,1-2H3. The van der Waals surface area contributed by atoms with Gasteiger partial charge in [-0.1, -0.05) is 0 Å². The van der Waals surface area contributed by atoms with Crippen molar-refractivity contribution in [2.75, 3.05) is 0 Å². The van der Waals surface area contributed by atoms with Crippen molar-refractivity contribution in [2.24, 2.45) is 0 Å². The van der Waals surface area contributed by atoms with Crippen molar-refractivity contribution >= 4 is 0 Å². The van der Waals surface area contributed by atoms with Gasteiger partial charge in [-0.2, -0.15) is 0 Å². The Balaban J connectivity index is 2.83. The molecule has 50 valence electrons. The average molecular weight is 126 g/mol. The van der Waals surface area contributed by atoms with Crippen LogP contribution in [0, 0.1) is 0 Å². The highest BCUT2D eigenvalue weighted by atomic mass is 16.6. The van der Waals surface area contributed by atoms with E-state index in [1.807, 2.05) is 19.9 Å². The zero-order valence-electron chi connectivity index (χ0n) is 5.59. The summed E-state index contributed by atoms with van der Waals surface area (Å²) in [6, 6.07) is 0. The first-order valence-corrected chi connectivity index (χ1v) is 2.89. The molecule has 1 aliphatic rings. The van der Waals surface area contributed by atoms with E-state index >= 15 is 0 Å².